The molecule has 0 fully saturated rings. The molecule has 0 aliphatic heterocycles. The summed E-state index contributed by atoms with van der Waals surface area (Å²) in [6, 6.07) is 8.23. The Hall–Kier alpha value is -2.82. The third kappa shape index (κ3) is 2.27. The highest BCUT2D eigenvalue weighted by Crippen LogP contribution is 2.68. The fourth-order valence-electron chi connectivity index (χ4n) is 3.81. The first-order valence-corrected chi connectivity index (χ1v) is 8.15. The van der Waals surface area contributed by atoms with E-state index < -0.39 is 46.3 Å². The first kappa shape index (κ1) is 20.9. The van der Waals surface area contributed by atoms with Crippen molar-refractivity contribution in [2.75, 3.05) is 0 Å². The zero-order valence-electron chi connectivity index (χ0n) is 14.5. The maximum Gasteiger partial charge on any atom is 0.371 e. The predicted octanol–water partition coefficient (Wildman–Crippen LogP) is 6.31. The molecule has 8 heteroatoms. The Morgan fingerprint density at radius 1 is 0.759 bits per heavy atom. The number of hydrogen-bond donors (Lipinski definition) is 0. The molecule has 0 radical (unpaired) electrons. The highest BCUT2D eigenvalue weighted by atomic mass is 19.3. The smallest absolute Gasteiger partial charge is 0.198 e. The van der Waals surface area contributed by atoms with E-state index in [0.29, 0.717) is 18.1 Å². The minimum absolute atomic E-state index is 0.296. The van der Waals surface area contributed by atoms with E-state index in [4.69, 9.17) is 0 Å². The Morgan fingerprint density at radius 3 is 1.55 bits per heavy atom. The molecule has 0 unspecified atom stereocenters. The average molecular weight is 416 g/mol. The molecule has 0 saturated heterocycles. The Morgan fingerprint density at radius 2 is 1.17 bits per heavy atom. The van der Waals surface area contributed by atoms with Crippen molar-refractivity contribution in [3.05, 3.63) is 72.3 Å². The quantitative estimate of drug-likeness (QED) is 0.304. The van der Waals surface area contributed by atoms with Gasteiger partial charge in [0.05, 0.1) is 0 Å². The summed E-state index contributed by atoms with van der Waals surface area (Å²) in [7, 11) is 0. The van der Waals surface area contributed by atoms with Crippen LogP contribution in [0.2, 0.25) is 0 Å². The van der Waals surface area contributed by atoms with E-state index in [9.17, 15) is 17.6 Å². The van der Waals surface area contributed by atoms with Crippen molar-refractivity contribution in [3.63, 3.8) is 0 Å². The van der Waals surface area contributed by atoms with Crippen LogP contribution in [0.1, 0.15) is 11.1 Å². The second kappa shape index (κ2) is 6.09. The highest BCUT2D eigenvalue weighted by Gasteiger charge is 2.84. The zero-order valence-corrected chi connectivity index (χ0v) is 14.5. The molecule has 0 saturated carbocycles. The van der Waals surface area contributed by atoms with Crippen molar-refractivity contribution in [3.8, 4) is 23.5 Å². The lowest BCUT2D eigenvalue weighted by molar-refractivity contribution is -0.298. The third-order valence-electron chi connectivity index (χ3n) is 5.14. The van der Waals surface area contributed by atoms with Gasteiger partial charge < -0.3 is 0 Å². The van der Waals surface area contributed by atoms with Crippen LogP contribution in [-0.4, -0.2) is 23.7 Å². The van der Waals surface area contributed by atoms with E-state index in [1.807, 2.05) is 0 Å². The third-order valence-corrected chi connectivity index (χ3v) is 5.14. The Kier molecular flexibility index (Phi) is 4.39. The lowest BCUT2D eigenvalue weighted by Gasteiger charge is -2.47. The first-order chi connectivity index (χ1) is 13.3. The monoisotopic (exact) mass is 416 g/mol. The molecule has 2 aromatic rings. The van der Waals surface area contributed by atoms with E-state index in [-0.39, 0.29) is 11.1 Å². The summed E-state index contributed by atoms with van der Waals surface area (Å²) in [5.74, 6) is -21.8. The van der Waals surface area contributed by atoms with E-state index in [1.165, 1.54) is 12.1 Å². The predicted molar refractivity (Wildman–Crippen MR) is 91.5 cm³/mol. The Labute approximate surface area is 160 Å². The van der Waals surface area contributed by atoms with Crippen LogP contribution in [0.25, 0.3) is 11.1 Å². The van der Waals surface area contributed by atoms with Gasteiger partial charge in [-0.15, -0.1) is 6.42 Å². The molecule has 1 aliphatic carbocycles. The maximum absolute atomic E-state index is 15.4. The molecule has 152 valence electrons. The Balaban J connectivity index is 2.61. The fraction of sp³-hybridized carbons (Fsp3) is 0.238. The number of halogens is 8. The van der Waals surface area contributed by atoms with Crippen LogP contribution < -0.4 is 0 Å². The summed E-state index contributed by atoms with van der Waals surface area (Å²) in [6.07, 6.45) is 3.97. The van der Waals surface area contributed by atoms with Gasteiger partial charge in [-0.3, -0.25) is 0 Å². The van der Waals surface area contributed by atoms with Gasteiger partial charge in [0, 0.05) is 0 Å². The van der Waals surface area contributed by atoms with Crippen LogP contribution in [0.15, 0.2) is 61.2 Å². The molecule has 0 aromatic heterocycles. The molecule has 0 heterocycles. The summed E-state index contributed by atoms with van der Waals surface area (Å²) in [5.41, 5.74) is -7.20. The van der Waals surface area contributed by atoms with Crippen LogP contribution in [-0.2, 0) is 5.41 Å². The minimum atomic E-state index is -5.80. The number of hydrogen-bond acceptors (Lipinski definition) is 0. The molecule has 0 N–H and O–H groups in total. The van der Waals surface area contributed by atoms with Crippen molar-refractivity contribution in [2.24, 2.45) is 0 Å². The van der Waals surface area contributed by atoms with Gasteiger partial charge in [-0.05, 0) is 34.3 Å². The van der Waals surface area contributed by atoms with Crippen molar-refractivity contribution in [1.29, 1.82) is 0 Å². The SMILES string of the molecule is C#CC(F)(F)C(F)(F)C1(C(F)(F)C(F)(F)C=C)c2ccccc2-c2ccccc21. The van der Waals surface area contributed by atoms with Gasteiger partial charge in [0.1, 0.15) is 0 Å². The number of alkyl halides is 8. The summed E-state index contributed by atoms with van der Waals surface area (Å²) < 4.78 is 119. The lowest BCUT2D eigenvalue weighted by atomic mass is 9.64. The molecule has 2 aromatic carbocycles. The summed E-state index contributed by atoms with van der Waals surface area (Å²) in [4.78, 5) is 0. The molecule has 0 bridgehead atoms. The molecule has 0 spiro atoms. The molecule has 1 aliphatic rings. The van der Waals surface area contributed by atoms with Crippen LogP contribution >= 0.6 is 0 Å². The van der Waals surface area contributed by atoms with E-state index in [2.05, 4.69) is 13.0 Å². The number of allylic oxidation sites excluding steroid dienone is 1. The van der Waals surface area contributed by atoms with Crippen LogP contribution in [0.4, 0.5) is 35.1 Å². The van der Waals surface area contributed by atoms with Gasteiger partial charge in [0.2, 0.25) is 0 Å². The average Bonchev–Trinajstić information content (AvgIpc) is 3.00. The molecule has 3 rings (SSSR count). The Bertz CT molecular complexity index is 968. The summed E-state index contributed by atoms with van der Waals surface area (Å²) in [5, 5.41) is 0. The maximum atomic E-state index is 15.4. The van der Waals surface area contributed by atoms with Gasteiger partial charge in [-0.1, -0.05) is 55.1 Å². The molecule has 0 atom stereocenters. The van der Waals surface area contributed by atoms with E-state index >= 15 is 17.6 Å². The highest BCUT2D eigenvalue weighted by molar-refractivity contribution is 5.83. The second-order valence-corrected chi connectivity index (χ2v) is 6.54. The zero-order chi connectivity index (χ0) is 21.9. The lowest BCUT2D eigenvalue weighted by Crippen LogP contribution is -2.68. The minimum Gasteiger partial charge on any atom is -0.198 e. The molecule has 0 nitrogen and oxygen atoms in total. The first-order valence-electron chi connectivity index (χ1n) is 8.15. The summed E-state index contributed by atoms with van der Waals surface area (Å²) in [6.45, 7) is 2.57. The van der Waals surface area contributed by atoms with Gasteiger partial charge in [0.25, 0.3) is 0 Å². The van der Waals surface area contributed by atoms with Crippen molar-refractivity contribution >= 4 is 0 Å². The van der Waals surface area contributed by atoms with Crippen LogP contribution in [0.3, 0.4) is 0 Å². The second-order valence-electron chi connectivity index (χ2n) is 6.54. The standard InChI is InChI=1S/C21H12F8/c1-3-17(22,23)20(26,27)19(21(28,29)18(24,25)4-2)15-11-7-5-9-13(15)14-10-6-8-12-16(14)19/h1,4-12H,2H2. The van der Waals surface area contributed by atoms with Gasteiger partial charge in [-0.25, -0.2) is 0 Å². The fourth-order valence-corrected chi connectivity index (χ4v) is 3.81. The van der Waals surface area contributed by atoms with E-state index in [1.54, 1.807) is 0 Å². The van der Waals surface area contributed by atoms with Crippen molar-refractivity contribution in [1.82, 2.24) is 0 Å². The topological polar surface area (TPSA) is 0 Å². The number of fused-ring (bicyclic) bond motifs is 3. The normalized spacial score (nSPS) is 16.0. The summed E-state index contributed by atoms with van der Waals surface area (Å²) >= 11 is 0. The van der Waals surface area contributed by atoms with Gasteiger partial charge >= 0.3 is 23.7 Å². The number of terminal acetylenes is 1. The molecular formula is C21H12F8. The number of rotatable bonds is 5. The van der Waals surface area contributed by atoms with Crippen molar-refractivity contribution in [2.45, 2.75) is 29.1 Å². The van der Waals surface area contributed by atoms with Gasteiger partial charge in [-0.2, -0.15) is 35.1 Å². The van der Waals surface area contributed by atoms with Gasteiger partial charge in [0.15, 0.2) is 5.41 Å². The molecule has 0 amide bonds. The number of benzene rings is 2. The molecular weight excluding hydrogens is 404 g/mol. The van der Waals surface area contributed by atoms with E-state index in [0.717, 1.165) is 24.3 Å². The molecule has 29 heavy (non-hydrogen) atoms. The van der Waals surface area contributed by atoms with Crippen LogP contribution in [0.5, 0.6) is 0 Å². The van der Waals surface area contributed by atoms with Crippen LogP contribution in [0, 0.1) is 12.3 Å². The van der Waals surface area contributed by atoms with Crippen molar-refractivity contribution < 1.29 is 35.1 Å². The largest absolute Gasteiger partial charge is 0.371 e.